The minimum Gasteiger partial charge on any atom is -0.481 e. The van der Waals surface area contributed by atoms with Crippen molar-refractivity contribution in [2.24, 2.45) is 0 Å². The topological polar surface area (TPSA) is 63.6 Å². The second-order valence-corrected chi connectivity index (χ2v) is 6.30. The van der Waals surface area contributed by atoms with Crippen LogP contribution in [0.4, 0.5) is 0 Å². The van der Waals surface area contributed by atoms with Gasteiger partial charge in [0.15, 0.2) is 0 Å². The van der Waals surface area contributed by atoms with Crippen LogP contribution in [0.25, 0.3) is 10.9 Å². The van der Waals surface area contributed by atoms with Gasteiger partial charge >= 0.3 is 0 Å². The van der Waals surface area contributed by atoms with Crippen LogP contribution in [-0.2, 0) is 10.3 Å². The van der Waals surface area contributed by atoms with Gasteiger partial charge in [0, 0.05) is 23.5 Å². The van der Waals surface area contributed by atoms with E-state index in [1.54, 1.807) is 7.11 Å². The van der Waals surface area contributed by atoms with Crippen LogP contribution in [0, 0.1) is 0 Å². The number of hydrogen-bond donors (Lipinski definition) is 2. The van der Waals surface area contributed by atoms with Gasteiger partial charge in [-0.15, -0.1) is 0 Å². The number of fused-ring (bicyclic) bond motifs is 3. The highest BCUT2D eigenvalue weighted by Crippen LogP contribution is 2.37. The molecule has 2 atom stereocenters. The summed E-state index contributed by atoms with van der Waals surface area (Å²) in [6, 6.07) is 10.3. The largest absolute Gasteiger partial charge is 0.481 e. The van der Waals surface area contributed by atoms with E-state index in [0.717, 1.165) is 16.5 Å². The van der Waals surface area contributed by atoms with Crippen molar-refractivity contribution in [2.45, 2.75) is 30.5 Å². The van der Waals surface area contributed by atoms with Crippen LogP contribution in [0.1, 0.15) is 18.4 Å². The van der Waals surface area contributed by atoms with Gasteiger partial charge in [0.1, 0.15) is 0 Å². The zero-order valence-electron chi connectivity index (χ0n) is 12.6. The lowest BCUT2D eigenvalue weighted by atomic mass is 9.78. The molecule has 0 saturated carbocycles. The van der Waals surface area contributed by atoms with E-state index in [9.17, 15) is 5.11 Å². The smallest absolute Gasteiger partial charge is 0.213 e. The van der Waals surface area contributed by atoms with E-state index in [0.29, 0.717) is 31.9 Å². The van der Waals surface area contributed by atoms with Crippen molar-refractivity contribution < 1.29 is 14.6 Å². The quantitative estimate of drug-likeness (QED) is 0.881. The summed E-state index contributed by atoms with van der Waals surface area (Å²) in [5.74, 6) is 0.604. The van der Waals surface area contributed by atoms with Gasteiger partial charge in [-0.1, -0.05) is 6.07 Å². The van der Waals surface area contributed by atoms with Crippen molar-refractivity contribution in [1.82, 2.24) is 10.3 Å². The summed E-state index contributed by atoms with van der Waals surface area (Å²) in [4.78, 5) is 4.42. The summed E-state index contributed by atoms with van der Waals surface area (Å²) >= 11 is 0. The van der Waals surface area contributed by atoms with E-state index in [-0.39, 0.29) is 12.1 Å². The number of methoxy groups -OCH3 is 1. The molecule has 2 aliphatic rings. The number of nitrogens with zero attached hydrogens (tertiary/aromatic N) is 1. The minimum atomic E-state index is -0.793. The Morgan fingerprint density at radius 1 is 1.23 bits per heavy atom. The zero-order valence-corrected chi connectivity index (χ0v) is 12.6. The van der Waals surface area contributed by atoms with Crippen LogP contribution in [0.5, 0.6) is 5.88 Å². The molecule has 2 bridgehead atoms. The number of benzene rings is 1. The third-order valence-electron chi connectivity index (χ3n) is 4.69. The predicted molar refractivity (Wildman–Crippen MR) is 83.0 cm³/mol. The number of aliphatic hydroxyl groups is 1. The molecule has 1 aromatic carbocycles. The highest BCUT2D eigenvalue weighted by Gasteiger charge is 2.42. The molecule has 22 heavy (non-hydrogen) atoms. The molecule has 116 valence electrons. The summed E-state index contributed by atoms with van der Waals surface area (Å²) in [7, 11) is 1.61. The summed E-state index contributed by atoms with van der Waals surface area (Å²) in [5, 5.41) is 15.7. The van der Waals surface area contributed by atoms with Gasteiger partial charge < -0.3 is 19.9 Å². The second-order valence-electron chi connectivity index (χ2n) is 6.30. The number of morpholine rings is 1. The van der Waals surface area contributed by atoms with Crippen molar-refractivity contribution in [3.05, 3.63) is 35.9 Å². The number of piperidine rings is 1. The van der Waals surface area contributed by atoms with E-state index < -0.39 is 5.60 Å². The zero-order chi connectivity index (χ0) is 15.2. The summed E-state index contributed by atoms with van der Waals surface area (Å²) < 4.78 is 10.7. The molecule has 2 aromatic rings. The summed E-state index contributed by atoms with van der Waals surface area (Å²) in [5.41, 5.74) is 1.05. The standard InChI is InChI=1S/C17H20N2O3/c1-21-16-5-2-11-6-12(3-4-15(11)19-16)17(20)7-13-9-22-10-14(8-17)18-13/h2-6,13-14,18,20H,7-10H2,1H3. The minimum absolute atomic E-state index is 0.224. The van der Waals surface area contributed by atoms with Gasteiger partial charge in [-0.2, -0.15) is 0 Å². The van der Waals surface area contributed by atoms with Gasteiger partial charge in [-0.05, 0) is 36.6 Å². The van der Waals surface area contributed by atoms with E-state index in [1.807, 2.05) is 30.3 Å². The van der Waals surface area contributed by atoms with Gasteiger partial charge in [-0.3, -0.25) is 0 Å². The Morgan fingerprint density at radius 2 is 2.00 bits per heavy atom. The second kappa shape index (κ2) is 5.19. The molecule has 2 unspecified atom stereocenters. The molecule has 4 rings (SSSR count). The fourth-order valence-electron chi connectivity index (χ4n) is 3.66. The Hall–Kier alpha value is -1.69. The number of aromatic nitrogens is 1. The average Bonchev–Trinajstić information content (AvgIpc) is 2.53. The summed E-state index contributed by atoms with van der Waals surface area (Å²) in [6.07, 6.45) is 1.36. The third kappa shape index (κ3) is 2.35. The highest BCUT2D eigenvalue weighted by molar-refractivity contribution is 5.80. The first-order valence-corrected chi connectivity index (χ1v) is 7.68. The fourth-order valence-corrected chi connectivity index (χ4v) is 3.66. The molecule has 0 radical (unpaired) electrons. The molecule has 2 fully saturated rings. The number of hydrogen-bond acceptors (Lipinski definition) is 5. The molecule has 2 aliphatic heterocycles. The summed E-state index contributed by atoms with van der Waals surface area (Å²) in [6.45, 7) is 1.34. The fraction of sp³-hybridized carbons (Fsp3) is 0.471. The molecule has 5 heteroatoms. The van der Waals surface area contributed by atoms with Crippen molar-refractivity contribution >= 4 is 10.9 Å². The van der Waals surface area contributed by atoms with Crippen LogP contribution in [0.3, 0.4) is 0 Å². The molecule has 2 saturated heterocycles. The first-order valence-electron chi connectivity index (χ1n) is 7.68. The first-order chi connectivity index (χ1) is 10.7. The van der Waals surface area contributed by atoms with Crippen molar-refractivity contribution in [2.75, 3.05) is 20.3 Å². The number of rotatable bonds is 2. The average molecular weight is 300 g/mol. The molecule has 1 aromatic heterocycles. The Morgan fingerprint density at radius 3 is 2.73 bits per heavy atom. The van der Waals surface area contributed by atoms with Gasteiger partial charge in [-0.25, -0.2) is 4.98 Å². The Kier molecular flexibility index (Phi) is 3.29. The van der Waals surface area contributed by atoms with Crippen LogP contribution >= 0.6 is 0 Å². The van der Waals surface area contributed by atoms with Crippen LogP contribution < -0.4 is 10.1 Å². The normalized spacial score (nSPS) is 31.2. The Bertz CT molecular complexity index is 691. The Labute approximate surface area is 129 Å². The molecule has 2 N–H and O–H groups in total. The van der Waals surface area contributed by atoms with Crippen molar-refractivity contribution in [1.29, 1.82) is 0 Å². The Balaban J connectivity index is 1.70. The molecule has 0 spiro atoms. The monoisotopic (exact) mass is 300 g/mol. The SMILES string of the molecule is COc1ccc2cc(C3(O)CC4COCC(C3)N4)ccc2n1. The van der Waals surface area contributed by atoms with E-state index in [2.05, 4.69) is 10.3 Å². The molecule has 0 aliphatic carbocycles. The maximum Gasteiger partial charge on any atom is 0.213 e. The molecular weight excluding hydrogens is 280 g/mol. The van der Waals surface area contributed by atoms with Gasteiger partial charge in [0.2, 0.25) is 5.88 Å². The molecular formula is C17H20N2O3. The lowest BCUT2D eigenvalue weighted by Crippen LogP contribution is -2.58. The predicted octanol–water partition coefficient (Wildman–Crippen LogP) is 1.58. The van der Waals surface area contributed by atoms with Gasteiger partial charge in [0.25, 0.3) is 0 Å². The van der Waals surface area contributed by atoms with E-state index >= 15 is 0 Å². The van der Waals surface area contributed by atoms with Crippen LogP contribution in [-0.4, -0.2) is 42.5 Å². The van der Waals surface area contributed by atoms with Crippen molar-refractivity contribution in [3.8, 4) is 5.88 Å². The maximum absolute atomic E-state index is 11.2. The van der Waals surface area contributed by atoms with E-state index in [1.165, 1.54) is 0 Å². The maximum atomic E-state index is 11.2. The van der Waals surface area contributed by atoms with E-state index in [4.69, 9.17) is 9.47 Å². The number of ether oxygens (including phenoxy) is 2. The third-order valence-corrected chi connectivity index (χ3v) is 4.69. The number of pyridine rings is 1. The van der Waals surface area contributed by atoms with Crippen molar-refractivity contribution in [3.63, 3.8) is 0 Å². The first kappa shape index (κ1) is 13.9. The molecule has 3 heterocycles. The van der Waals surface area contributed by atoms with Crippen LogP contribution in [0.2, 0.25) is 0 Å². The number of nitrogens with one attached hydrogen (secondary N) is 1. The molecule has 5 nitrogen and oxygen atoms in total. The lowest BCUT2D eigenvalue weighted by molar-refractivity contribution is -0.0801. The highest BCUT2D eigenvalue weighted by atomic mass is 16.5. The lowest BCUT2D eigenvalue weighted by Gasteiger charge is -2.45. The molecule has 0 amide bonds. The van der Waals surface area contributed by atoms with Crippen LogP contribution in [0.15, 0.2) is 30.3 Å². The van der Waals surface area contributed by atoms with Gasteiger partial charge in [0.05, 0.1) is 31.4 Å².